The summed E-state index contributed by atoms with van der Waals surface area (Å²) in [6.07, 6.45) is 0. The first-order valence-electron chi connectivity index (χ1n) is 6.64. The first kappa shape index (κ1) is 17.5. The summed E-state index contributed by atoms with van der Waals surface area (Å²) < 4.78 is 4.07. The van der Waals surface area contributed by atoms with Crippen molar-refractivity contribution in [2.24, 2.45) is 0 Å². The summed E-state index contributed by atoms with van der Waals surface area (Å²) in [6, 6.07) is 12.0. The standard InChI is InChI=1S/C16H8Cl4N2OS/c17-8-5-6-12(11(19)7-8)21-16(23)13-14(24-22-15(13)20)9-3-1-2-4-10(9)18/h1-7H,(H,21,23). The van der Waals surface area contributed by atoms with Gasteiger partial charge in [0.15, 0.2) is 5.15 Å². The maximum atomic E-state index is 12.7. The molecular weight excluding hydrogens is 410 g/mol. The summed E-state index contributed by atoms with van der Waals surface area (Å²) in [5, 5.41) is 4.14. The van der Waals surface area contributed by atoms with Gasteiger partial charge in [0.25, 0.3) is 5.91 Å². The molecule has 122 valence electrons. The van der Waals surface area contributed by atoms with Gasteiger partial charge in [-0.15, -0.1) is 0 Å². The minimum atomic E-state index is -0.423. The van der Waals surface area contributed by atoms with E-state index >= 15 is 0 Å². The third-order valence-electron chi connectivity index (χ3n) is 3.18. The second kappa shape index (κ2) is 7.30. The summed E-state index contributed by atoms with van der Waals surface area (Å²) in [5.74, 6) is -0.423. The highest BCUT2D eigenvalue weighted by molar-refractivity contribution is 7.10. The van der Waals surface area contributed by atoms with Gasteiger partial charge in [-0.25, -0.2) is 0 Å². The lowest BCUT2D eigenvalue weighted by Gasteiger charge is -2.09. The topological polar surface area (TPSA) is 42.0 Å². The maximum Gasteiger partial charge on any atom is 0.260 e. The van der Waals surface area contributed by atoms with Crippen molar-refractivity contribution in [1.82, 2.24) is 4.37 Å². The zero-order valence-electron chi connectivity index (χ0n) is 11.8. The molecule has 3 nitrogen and oxygen atoms in total. The molecule has 3 aromatic rings. The summed E-state index contributed by atoms with van der Waals surface area (Å²) in [7, 11) is 0. The van der Waals surface area contributed by atoms with E-state index in [-0.39, 0.29) is 10.7 Å². The average Bonchev–Trinajstić information content (AvgIpc) is 2.92. The number of benzene rings is 2. The summed E-state index contributed by atoms with van der Waals surface area (Å²) in [4.78, 5) is 13.3. The van der Waals surface area contributed by atoms with Crippen LogP contribution in [0, 0.1) is 0 Å². The van der Waals surface area contributed by atoms with Crippen LogP contribution in [-0.2, 0) is 0 Å². The van der Waals surface area contributed by atoms with E-state index < -0.39 is 5.91 Å². The molecular formula is C16H8Cl4N2OS. The molecule has 0 atom stereocenters. The first-order chi connectivity index (χ1) is 11.5. The van der Waals surface area contributed by atoms with Crippen molar-refractivity contribution in [3.63, 3.8) is 0 Å². The number of hydrogen-bond donors (Lipinski definition) is 1. The van der Waals surface area contributed by atoms with Crippen molar-refractivity contribution < 1.29 is 4.79 Å². The molecule has 0 aliphatic carbocycles. The number of amides is 1. The molecule has 1 heterocycles. The number of nitrogens with one attached hydrogen (secondary N) is 1. The van der Waals surface area contributed by atoms with Crippen LogP contribution in [0.4, 0.5) is 5.69 Å². The molecule has 0 saturated carbocycles. The Morgan fingerprint density at radius 3 is 2.46 bits per heavy atom. The highest BCUT2D eigenvalue weighted by Gasteiger charge is 2.23. The van der Waals surface area contributed by atoms with Crippen molar-refractivity contribution in [1.29, 1.82) is 0 Å². The Bertz CT molecular complexity index is 926. The predicted molar refractivity (Wildman–Crippen MR) is 102 cm³/mol. The van der Waals surface area contributed by atoms with Crippen molar-refractivity contribution >= 4 is 69.5 Å². The van der Waals surface area contributed by atoms with Crippen LogP contribution < -0.4 is 5.32 Å². The van der Waals surface area contributed by atoms with E-state index in [9.17, 15) is 4.79 Å². The number of carbonyl (C=O) groups is 1. The van der Waals surface area contributed by atoms with E-state index in [0.717, 1.165) is 11.5 Å². The smallest absolute Gasteiger partial charge is 0.260 e. The highest BCUT2D eigenvalue weighted by atomic mass is 35.5. The summed E-state index contributed by atoms with van der Waals surface area (Å²) in [6.45, 7) is 0. The van der Waals surface area contributed by atoms with E-state index in [1.54, 1.807) is 30.3 Å². The van der Waals surface area contributed by atoms with E-state index in [4.69, 9.17) is 46.4 Å². The Labute approximate surface area is 162 Å². The van der Waals surface area contributed by atoms with Crippen molar-refractivity contribution in [2.45, 2.75) is 0 Å². The maximum absolute atomic E-state index is 12.7. The molecule has 0 saturated heterocycles. The highest BCUT2D eigenvalue weighted by Crippen LogP contribution is 2.37. The van der Waals surface area contributed by atoms with Crippen LogP contribution in [0.25, 0.3) is 10.4 Å². The molecule has 1 amide bonds. The third-order valence-corrected chi connectivity index (χ3v) is 5.31. The third kappa shape index (κ3) is 3.53. The monoisotopic (exact) mass is 416 g/mol. The fourth-order valence-corrected chi connectivity index (χ4v) is 3.97. The molecule has 0 unspecified atom stereocenters. The molecule has 0 bridgehead atoms. The number of aromatic nitrogens is 1. The Morgan fingerprint density at radius 1 is 1.00 bits per heavy atom. The lowest BCUT2D eigenvalue weighted by molar-refractivity contribution is 0.102. The molecule has 0 radical (unpaired) electrons. The number of halogens is 4. The van der Waals surface area contributed by atoms with E-state index in [1.165, 1.54) is 0 Å². The molecule has 24 heavy (non-hydrogen) atoms. The Morgan fingerprint density at radius 2 is 1.75 bits per heavy atom. The molecule has 0 spiro atoms. The van der Waals surface area contributed by atoms with Gasteiger partial charge in [0.05, 0.1) is 21.2 Å². The molecule has 0 fully saturated rings. The summed E-state index contributed by atoms with van der Waals surface area (Å²) >= 11 is 25.4. The van der Waals surface area contributed by atoms with Crippen LogP contribution in [0.1, 0.15) is 10.4 Å². The number of rotatable bonds is 3. The molecule has 0 aliphatic heterocycles. The van der Waals surface area contributed by atoms with Gasteiger partial charge in [-0.2, -0.15) is 4.37 Å². The predicted octanol–water partition coefficient (Wildman–Crippen LogP) is 6.68. The van der Waals surface area contributed by atoms with Gasteiger partial charge >= 0.3 is 0 Å². The molecule has 0 aliphatic rings. The first-order valence-corrected chi connectivity index (χ1v) is 8.92. The number of anilines is 1. The van der Waals surface area contributed by atoms with Crippen LogP contribution in [0.5, 0.6) is 0 Å². The summed E-state index contributed by atoms with van der Waals surface area (Å²) in [5.41, 5.74) is 1.37. The Balaban J connectivity index is 1.99. The quantitative estimate of drug-likeness (QED) is 0.516. The largest absolute Gasteiger partial charge is 0.320 e. The Hall–Kier alpha value is -1.30. The average molecular weight is 418 g/mol. The van der Waals surface area contributed by atoms with Gasteiger partial charge in [0.1, 0.15) is 0 Å². The van der Waals surface area contributed by atoms with Crippen LogP contribution in [-0.4, -0.2) is 10.3 Å². The second-order valence-electron chi connectivity index (χ2n) is 4.74. The van der Waals surface area contributed by atoms with Crippen LogP contribution in [0.3, 0.4) is 0 Å². The minimum absolute atomic E-state index is 0.109. The van der Waals surface area contributed by atoms with Gasteiger partial charge in [0, 0.05) is 15.6 Å². The zero-order valence-corrected chi connectivity index (χ0v) is 15.7. The molecule has 2 aromatic carbocycles. The number of hydrogen-bond acceptors (Lipinski definition) is 3. The van der Waals surface area contributed by atoms with Gasteiger partial charge in [-0.1, -0.05) is 64.6 Å². The normalized spacial score (nSPS) is 10.7. The molecule has 8 heteroatoms. The van der Waals surface area contributed by atoms with Crippen molar-refractivity contribution in [3.8, 4) is 10.4 Å². The second-order valence-corrected chi connectivity index (χ2v) is 7.12. The fraction of sp³-hybridized carbons (Fsp3) is 0. The van der Waals surface area contributed by atoms with E-state index in [2.05, 4.69) is 9.69 Å². The number of carbonyl (C=O) groups excluding carboxylic acids is 1. The fourth-order valence-electron chi connectivity index (χ4n) is 2.07. The molecule has 1 aromatic heterocycles. The van der Waals surface area contributed by atoms with Crippen molar-refractivity contribution in [3.05, 3.63) is 68.2 Å². The lowest BCUT2D eigenvalue weighted by Crippen LogP contribution is -2.13. The number of nitrogens with zero attached hydrogens (tertiary/aromatic N) is 1. The van der Waals surface area contributed by atoms with Gasteiger partial charge in [-0.3, -0.25) is 4.79 Å². The zero-order chi connectivity index (χ0) is 17.3. The van der Waals surface area contributed by atoms with Gasteiger partial charge in [0.2, 0.25) is 0 Å². The van der Waals surface area contributed by atoms with Crippen LogP contribution in [0.2, 0.25) is 20.2 Å². The minimum Gasteiger partial charge on any atom is -0.320 e. The SMILES string of the molecule is O=C(Nc1ccc(Cl)cc1Cl)c1c(Cl)nsc1-c1ccccc1Cl. The van der Waals surface area contributed by atoms with Crippen LogP contribution in [0.15, 0.2) is 42.5 Å². The van der Waals surface area contributed by atoms with Gasteiger partial charge in [-0.05, 0) is 35.8 Å². The van der Waals surface area contributed by atoms with E-state index in [1.807, 2.05) is 12.1 Å². The molecule has 1 N–H and O–H groups in total. The van der Waals surface area contributed by atoms with Crippen LogP contribution >= 0.6 is 57.9 Å². The van der Waals surface area contributed by atoms with E-state index in [0.29, 0.717) is 31.2 Å². The van der Waals surface area contributed by atoms with Crippen molar-refractivity contribution in [2.75, 3.05) is 5.32 Å². The van der Waals surface area contributed by atoms with Gasteiger partial charge < -0.3 is 5.32 Å². The lowest BCUT2D eigenvalue weighted by atomic mass is 10.1. The molecule has 3 rings (SSSR count). The Kier molecular flexibility index (Phi) is 5.33.